The number of sulfonamides is 1. The molecule has 1 atom stereocenters. The molecule has 8 heteroatoms. The van der Waals surface area contributed by atoms with Crippen LogP contribution in [0.25, 0.3) is 0 Å². The van der Waals surface area contributed by atoms with Crippen LogP contribution in [0, 0.1) is 0 Å². The summed E-state index contributed by atoms with van der Waals surface area (Å²) in [5.41, 5.74) is 0. The second kappa shape index (κ2) is 6.95. The first-order valence-electron chi connectivity index (χ1n) is 6.92. The smallest absolute Gasteiger partial charge is 0.243 e. The van der Waals surface area contributed by atoms with Gasteiger partial charge in [0.15, 0.2) is 0 Å². The first kappa shape index (κ1) is 17.2. The van der Waals surface area contributed by atoms with Crippen molar-refractivity contribution in [1.29, 1.82) is 0 Å². The Hall–Kier alpha value is -1.15. The average Bonchev–Trinajstić information content (AvgIpc) is 2.47. The molecule has 1 fully saturated rings. The van der Waals surface area contributed by atoms with Gasteiger partial charge < -0.3 is 9.64 Å². The van der Waals surface area contributed by atoms with Gasteiger partial charge in [-0.2, -0.15) is 4.31 Å². The van der Waals surface area contributed by atoms with Crippen LogP contribution in [0.2, 0.25) is 5.02 Å². The summed E-state index contributed by atoms with van der Waals surface area (Å²) in [6, 6.07) is 5.87. The lowest BCUT2D eigenvalue weighted by Crippen LogP contribution is -2.48. The van der Waals surface area contributed by atoms with Gasteiger partial charge in [0.2, 0.25) is 15.9 Å². The van der Waals surface area contributed by atoms with Gasteiger partial charge >= 0.3 is 0 Å². The molecule has 0 N–H and O–H groups in total. The van der Waals surface area contributed by atoms with Crippen molar-refractivity contribution in [1.82, 2.24) is 9.21 Å². The van der Waals surface area contributed by atoms with Crippen molar-refractivity contribution >= 4 is 27.5 Å². The lowest BCUT2D eigenvalue weighted by Gasteiger charge is -2.32. The molecule has 0 bridgehead atoms. The van der Waals surface area contributed by atoms with Gasteiger partial charge in [-0.3, -0.25) is 4.79 Å². The molecular weight excluding hydrogens is 328 g/mol. The molecule has 0 aliphatic carbocycles. The third-order valence-electron chi connectivity index (χ3n) is 3.47. The van der Waals surface area contributed by atoms with Crippen molar-refractivity contribution in [2.24, 2.45) is 0 Å². The Morgan fingerprint density at radius 3 is 2.64 bits per heavy atom. The predicted molar refractivity (Wildman–Crippen MR) is 83.3 cm³/mol. The van der Waals surface area contributed by atoms with Crippen LogP contribution in [0.3, 0.4) is 0 Å². The number of carbonyl (C=O) groups is 1. The Morgan fingerprint density at radius 1 is 1.41 bits per heavy atom. The van der Waals surface area contributed by atoms with Gasteiger partial charge in [0.05, 0.1) is 24.2 Å². The summed E-state index contributed by atoms with van der Waals surface area (Å²) in [7, 11) is -2.31. The lowest BCUT2D eigenvalue weighted by atomic mass is 10.3. The molecule has 1 aliphatic rings. The number of amides is 1. The second-order valence-electron chi connectivity index (χ2n) is 5.24. The Kier molecular flexibility index (Phi) is 5.44. The highest BCUT2D eigenvalue weighted by molar-refractivity contribution is 7.89. The van der Waals surface area contributed by atoms with E-state index in [4.69, 9.17) is 16.3 Å². The molecule has 1 aromatic carbocycles. The number of halogens is 1. The van der Waals surface area contributed by atoms with Gasteiger partial charge in [-0.25, -0.2) is 8.42 Å². The zero-order valence-electron chi connectivity index (χ0n) is 12.5. The van der Waals surface area contributed by atoms with Crippen LogP contribution >= 0.6 is 11.6 Å². The molecule has 6 nitrogen and oxygen atoms in total. The summed E-state index contributed by atoms with van der Waals surface area (Å²) in [4.78, 5) is 14.0. The summed E-state index contributed by atoms with van der Waals surface area (Å²) in [6.45, 7) is 3.12. The maximum absolute atomic E-state index is 12.4. The number of likely N-dealkylation sites (N-methyl/N-ethyl adjacent to an activating group) is 1. The molecule has 1 aliphatic heterocycles. The van der Waals surface area contributed by atoms with E-state index < -0.39 is 10.0 Å². The highest BCUT2D eigenvalue weighted by Crippen LogP contribution is 2.17. The summed E-state index contributed by atoms with van der Waals surface area (Å²) in [6.07, 6.45) is -0.0316. The standard InChI is InChI=1S/C14H19ClN2O4S/c1-11-9-17(7-8-21-11)14(18)10-16(2)22(19,20)13-5-3-12(15)4-6-13/h3-6,11H,7-10H2,1-2H3. The van der Waals surface area contributed by atoms with Crippen LogP contribution in [-0.4, -0.2) is 62.9 Å². The van der Waals surface area contributed by atoms with Crippen molar-refractivity contribution in [2.45, 2.75) is 17.9 Å². The van der Waals surface area contributed by atoms with E-state index in [1.54, 1.807) is 4.90 Å². The van der Waals surface area contributed by atoms with E-state index in [1.165, 1.54) is 31.3 Å². The van der Waals surface area contributed by atoms with Gasteiger partial charge in [-0.15, -0.1) is 0 Å². The zero-order valence-corrected chi connectivity index (χ0v) is 14.1. The molecule has 0 radical (unpaired) electrons. The number of ether oxygens (including phenoxy) is 1. The number of hydrogen-bond acceptors (Lipinski definition) is 4. The normalized spacial score (nSPS) is 19.5. The monoisotopic (exact) mass is 346 g/mol. The van der Waals surface area contributed by atoms with Crippen molar-refractivity contribution in [2.75, 3.05) is 33.3 Å². The largest absolute Gasteiger partial charge is 0.375 e. The summed E-state index contributed by atoms with van der Waals surface area (Å²) in [5.74, 6) is -0.227. The first-order chi connectivity index (χ1) is 10.3. The average molecular weight is 347 g/mol. The minimum absolute atomic E-state index is 0.0316. The minimum Gasteiger partial charge on any atom is -0.375 e. The lowest BCUT2D eigenvalue weighted by molar-refractivity contribution is -0.138. The number of morpholine rings is 1. The second-order valence-corrected chi connectivity index (χ2v) is 7.72. The van der Waals surface area contributed by atoms with E-state index in [1.807, 2.05) is 6.92 Å². The molecule has 1 saturated heterocycles. The first-order valence-corrected chi connectivity index (χ1v) is 8.74. The molecular formula is C14H19ClN2O4S. The number of benzene rings is 1. The van der Waals surface area contributed by atoms with Crippen LogP contribution < -0.4 is 0 Å². The van der Waals surface area contributed by atoms with Gasteiger partial charge in [0, 0.05) is 25.2 Å². The van der Waals surface area contributed by atoms with Crippen LogP contribution in [0.1, 0.15) is 6.92 Å². The Labute approximate surface area is 135 Å². The fourth-order valence-corrected chi connectivity index (χ4v) is 3.45. The third kappa shape index (κ3) is 3.98. The molecule has 0 aromatic heterocycles. The molecule has 1 unspecified atom stereocenters. The van der Waals surface area contributed by atoms with E-state index in [2.05, 4.69) is 0 Å². The molecule has 122 valence electrons. The summed E-state index contributed by atoms with van der Waals surface area (Å²) < 4.78 is 31.3. The maximum atomic E-state index is 12.4. The molecule has 1 aromatic rings. The Bertz CT molecular complexity index is 633. The van der Waals surface area contributed by atoms with Gasteiger partial charge in [-0.1, -0.05) is 11.6 Å². The summed E-state index contributed by atoms with van der Waals surface area (Å²) in [5, 5.41) is 0.458. The molecule has 0 spiro atoms. The fraction of sp³-hybridized carbons (Fsp3) is 0.500. The highest BCUT2D eigenvalue weighted by atomic mass is 35.5. The molecule has 0 saturated carbocycles. The van der Waals surface area contributed by atoms with Crippen LogP contribution in [0.15, 0.2) is 29.2 Å². The quantitative estimate of drug-likeness (QED) is 0.821. The zero-order chi connectivity index (χ0) is 16.3. The van der Waals surface area contributed by atoms with E-state index in [-0.39, 0.29) is 23.5 Å². The third-order valence-corrected chi connectivity index (χ3v) is 5.54. The van der Waals surface area contributed by atoms with Crippen LogP contribution in [0.5, 0.6) is 0 Å². The van der Waals surface area contributed by atoms with Crippen molar-refractivity contribution in [3.63, 3.8) is 0 Å². The van der Waals surface area contributed by atoms with Gasteiger partial charge in [-0.05, 0) is 31.2 Å². The topological polar surface area (TPSA) is 66.9 Å². The van der Waals surface area contributed by atoms with E-state index in [0.29, 0.717) is 24.7 Å². The summed E-state index contributed by atoms with van der Waals surface area (Å²) >= 11 is 5.76. The maximum Gasteiger partial charge on any atom is 0.243 e. The number of carbonyl (C=O) groups excluding carboxylic acids is 1. The van der Waals surface area contributed by atoms with Crippen molar-refractivity contribution in [3.8, 4) is 0 Å². The molecule has 22 heavy (non-hydrogen) atoms. The minimum atomic E-state index is -3.71. The van der Waals surface area contributed by atoms with E-state index >= 15 is 0 Å². The van der Waals surface area contributed by atoms with E-state index in [0.717, 1.165) is 4.31 Å². The Balaban J connectivity index is 2.05. The predicted octanol–water partition coefficient (Wildman–Crippen LogP) is 1.21. The van der Waals surface area contributed by atoms with Crippen molar-refractivity contribution in [3.05, 3.63) is 29.3 Å². The van der Waals surface area contributed by atoms with Crippen molar-refractivity contribution < 1.29 is 17.9 Å². The SMILES string of the molecule is CC1CN(C(=O)CN(C)S(=O)(=O)c2ccc(Cl)cc2)CCO1. The number of hydrogen-bond donors (Lipinski definition) is 0. The molecule has 1 heterocycles. The Morgan fingerprint density at radius 2 is 2.05 bits per heavy atom. The fourth-order valence-electron chi connectivity index (χ4n) is 2.21. The number of rotatable bonds is 4. The van der Waals surface area contributed by atoms with Crippen LogP contribution in [-0.2, 0) is 19.6 Å². The molecule has 2 rings (SSSR count). The van der Waals surface area contributed by atoms with E-state index in [9.17, 15) is 13.2 Å². The van der Waals surface area contributed by atoms with Gasteiger partial charge in [0.25, 0.3) is 0 Å². The van der Waals surface area contributed by atoms with Gasteiger partial charge in [0.1, 0.15) is 0 Å². The van der Waals surface area contributed by atoms with Crippen LogP contribution in [0.4, 0.5) is 0 Å². The highest BCUT2D eigenvalue weighted by Gasteiger charge is 2.27. The number of nitrogens with zero attached hydrogens (tertiary/aromatic N) is 2. The molecule has 1 amide bonds.